The van der Waals surface area contributed by atoms with Crippen molar-refractivity contribution in [2.45, 2.75) is 31.7 Å². The van der Waals surface area contributed by atoms with E-state index in [1.54, 1.807) is 4.90 Å². The minimum Gasteiger partial charge on any atom is -0.344 e. The normalized spacial score (nSPS) is 24.4. The average Bonchev–Trinajstić information content (AvgIpc) is 2.43. The van der Waals surface area contributed by atoms with Crippen molar-refractivity contribution in [2.75, 3.05) is 13.6 Å². The molecule has 1 amide bonds. The fraction of sp³-hybridized carbons (Fsp3) is 0.500. The second-order valence-electron chi connectivity index (χ2n) is 4.86. The van der Waals surface area contributed by atoms with Gasteiger partial charge in [0.15, 0.2) is 0 Å². The van der Waals surface area contributed by atoms with Crippen LogP contribution in [0.5, 0.6) is 0 Å². The van der Waals surface area contributed by atoms with E-state index in [2.05, 4.69) is 13.0 Å². The zero-order valence-electron chi connectivity index (χ0n) is 10.6. The Balaban J connectivity index is 2.54. The van der Waals surface area contributed by atoms with Gasteiger partial charge in [-0.3, -0.25) is 4.79 Å². The predicted octanol–water partition coefficient (Wildman–Crippen LogP) is 1.66. The van der Waals surface area contributed by atoms with Crippen molar-refractivity contribution in [3.05, 3.63) is 35.4 Å². The van der Waals surface area contributed by atoms with Gasteiger partial charge in [0.2, 0.25) is 5.91 Å². The molecule has 1 aromatic carbocycles. The van der Waals surface area contributed by atoms with Crippen molar-refractivity contribution in [3.8, 4) is 0 Å². The summed E-state index contributed by atoms with van der Waals surface area (Å²) in [6.45, 7) is 2.81. The Morgan fingerprint density at radius 3 is 2.82 bits per heavy atom. The number of hydrogen-bond donors (Lipinski definition) is 1. The molecular formula is C14H20N2O. The molecule has 0 aliphatic carbocycles. The van der Waals surface area contributed by atoms with Crippen LogP contribution in [0.4, 0.5) is 0 Å². The molecule has 1 heterocycles. The zero-order chi connectivity index (χ0) is 12.5. The number of nitrogens with zero attached hydrogens (tertiary/aromatic N) is 1. The summed E-state index contributed by atoms with van der Waals surface area (Å²) in [5.74, 6) is 0.0456. The number of rotatable bonds is 2. The first-order valence-electron chi connectivity index (χ1n) is 6.22. The van der Waals surface area contributed by atoms with Crippen LogP contribution in [0.15, 0.2) is 24.3 Å². The Morgan fingerprint density at radius 1 is 1.41 bits per heavy atom. The van der Waals surface area contributed by atoms with Gasteiger partial charge >= 0.3 is 0 Å². The first kappa shape index (κ1) is 12.1. The van der Waals surface area contributed by atoms with E-state index in [4.69, 9.17) is 5.73 Å². The molecule has 1 unspecified atom stereocenters. The standard InChI is InChI=1S/C14H20N2O/c1-3-9-14(15)12-7-5-4-6-11(12)8-10-16(2)13(14)17/h4-7H,3,8-10,15H2,1-2H3. The summed E-state index contributed by atoms with van der Waals surface area (Å²) >= 11 is 0. The first-order valence-corrected chi connectivity index (χ1v) is 6.22. The van der Waals surface area contributed by atoms with Gasteiger partial charge in [-0.2, -0.15) is 0 Å². The Kier molecular flexibility index (Phi) is 3.20. The van der Waals surface area contributed by atoms with E-state index in [9.17, 15) is 4.79 Å². The van der Waals surface area contributed by atoms with Gasteiger partial charge < -0.3 is 10.6 Å². The number of amides is 1. The second kappa shape index (κ2) is 4.49. The van der Waals surface area contributed by atoms with E-state index in [1.807, 2.05) is 25.2 Å². The summed E-state index contributed by atoms with van der Waals surface area (Å²) < 4.78 is 0. The molecule has 92 valence electrons. The molecule has 17 heavy (non-hydrogen) atoms. The van der Waals surface area contributed by atoms with E-state index < -0.39 is 5.54 Å². The molecule has 1 aliphatic rings. The summed E-state index contributed by atoms with van der Waals surface area (Å²) in [5, 5.41) is 0. The highest BCUT2D eigenvalue weighted by Gasteiger charge is 2.40. The molecule has 0 bridgehead atoms. The molecule has 0 radical (unpaired) electrons. The number of hydrogen-bond acceptors (Lipinski definition) is 2. The van der Waals surface area contributed by atoms with Crippen LogP contribution >= 0.6 is 0 Å². The molecule has 2 N–H and O–H groups in total. The molecule has 0 saturated heterocycles. The van der Waals surface area contributed by atoms with E-state index in [0.717, 1.165) is 24.9 Å². The highest BCUT2D eigenvalue weighted by Crippen LogP contribution is 2.31. The molecule has 3 heteroatoms. The van der Waals surface area contributed by atoms with Crippen molar-refractivity contribution < 1.29 is 4.79 Å². The van der Waals surface area contributed by atoms with Crippen LogP contribution in [0.2, 0.25) is 0 Å². The summed E-state index contributed by atoms with van der Waals surface area (Å²) in [7, 11) is 1.84. The van der Waals surface area contributed by atoms with Gasteiger partial charge in [-0.1, -0.05) is 37.6 Å². The maximum atomic E-state index is 12.4. The van der Waals surface area contributed by atoms with Gasteiger partial charge in [0.25, 0.3) is 0 Å². The average molecular weight is 232 g/mol. The highest BCUT2D eigenvalue weighted by atomic mass is 16.2. The molecule has 1 aromatic rings. The van der Waals surface area contributed by atoms with E-state index in [1.165, 1.54) is 5.56 Å². The minimum atomic E-state index is -0.837. The van der Waals surface area contributed by atoms with Gasteiger partial charge in [-0.25, -0.2) is 0 Å². The maximum absolute atomic E-state index is 12.4. The van der Waals surface area contributed by atoms with Crippen molar-refractivity contribution >= 4 is 5.91 Å². The van der Waals surface area contributed by atoms with Crippen molar-refractivity contribution in [1.29, 1.82) is 0 Å². The molecule has 1 atom stereocenters. The highest BCUT2D eigenvalue weighted by molar-refractivity contribution is 5.88. The van der Waals surface area contributed by atoms with Gasteiger partial charge in [0.1, 0.15) is 5.54 Å². The van der Waals surface area contributed by atoms with Crippen molar-refractivity contribution in [1.82, 2.24) is 4.90 Å². The molecule has 0 spiro atoms. The van der Waals surface area contributed by atoms with Gasteiger partial charge in [0, 0.05) is 13.6 Å². The number of likely N-dealkylation sites (N-methyl/N-ethyl adjacent to an activating group) is 1. The molecule has 0 fully saturated rings. The van der Waals surface area contributed by atoms with E-state index >= 15 is 0 Å². The smallest absolute Gasteiger partial charge is 0.247 e. The molecule has 0 aromatic heterocycles. The van der Waals surface area contributed by atoms with Crippen LogP contribution in [-0.2, 0) is 16.8 Å². The zero-order valence-corrected chi connectivity index (χ0v) is 10.6. The topological polar surface area (TPSA) is 46.3 Å². The fourth-order valence-electron chi connectivity index (χ4n) is 2.65. The first-order chi connectivity index (χ1) is 8.09. The van der Waals surface area contributed by atoms with Gasteiger partial charge in [-0.15, -0.1) is 0 Å². The molecule has 1 aliphatic heterocycles. The lowest BCUT2D eigenvalue weighted by Gasteiger charge is -2.31. The Labute approximate surface area is 103 Å². The lowest BCUT2D eigenvalue weighted by molar-refractivity contribution is -0.136. The molecule has 0 saturated carbocycles. The minimum absolute atomic E-state index is 0.0456. The van der Waals surface area contributed by atoms with Crippen LogP contribution < -0.4 is 5.73 Å². The Hall–Kier alpha value is -1.35. The third-order valence-corrected chi connectivity index (χ3v) is 3.59. The molecule has 2 rings (SSSR count). The SMILES string of the molecule is CCCC1(N)C(=O)N(C)CCc2ccccc21. The van der Waals surface area contributed by atoms with Crippen molar-refractivity contribution in [3.63, 3.8) is 0 Å². The lowest BCUT2D eigenvalue weighted by Crippen LogP contribution is -2.50. The number of benzene rings is 1. The van der Waals surface area contributed by atoms with E-state index in [-0.39, 0.29) is 5.91 Å². The lowest BCUT2D eigenvalue weighted by atomic mass is 9.83. The fourth-order valence-corrected chi connectivity index (χ4v) is 2.65. The maximum Gasteiger partial charge on any atom is 0.247 e. The number of carbonyl (C=O) groups excluding carboxylic acids is 1. The van der Waals surface area contributed by atoms with Crippen LogP contribution in [0, 0.1) is 0 Å². The summed E-state index contributed by atoms with van der Waals surface area (Å²) in [6.07, 6.45) is 2.50. The number of carbonyl (C=O) groups is 1. The monoisotopic (exact) mass is 232 g/mol. The third-order valence-electron chi connectivity index (χ3n) is 3.59. The van der Waals surface area contributed by atoms with Crippen LogP contribution in [0.25, 0.3) is 0 Å². The van der Waals surface area contributed by atoms with Crippen LogP contribution in [-0.4, -0.2) is 24.4 Å². The van der Waals surface area contributed by atoms with E-state index in [0.29, 0.717) is 6.42 Å². The van der Waals surface area contributed by atoms with Crippen LogP contribution in [0.1, 0.15) is 30.9 Å². The van der Waals surface area contributed by atoms with Gasteiger partial charge in [-0.05, 0) is 24.0 Å². The molecule has 3 nitrogen and oxygen atoms in total. The van der Waals surface area contributed by atoms with Crippen LogP contribution in [0.3, 0.4) is 0 Å². The summed E-state index contributed by atoms with van der Waals surface area (Å²) in [6, 6.07) is 8.07. The van der Waals surface area contributed by atoms with Gasteiger partial charge in [0.05, 0.1) is 0 Å². The summed E-state index contributed by atoms with van der Waals surface area (Å²) in [4.78, 5) is 14.2. The number of fused-ring (bicyclic) bond motifs is 1. The second-order valence-corrected chi connectivity index (χ2v) is 4.86. The Bertz CT molecular complexity index is 430. The third kappa shape index (κ3) is 1.95. The van der Waals surface area contributed by atoms with Crippen molar-refractivity contribution in [2.24, 2.45) is 5.73 Å². The Morgan fingerprint density at radius 2 is 2.12 bits per heavy atom. The summed E-state index contributed by atoms with van der Waals surface area (Å²) in [5.41, 5.74) is 7.81. The quantitative estimate of drug-likeness (QED) is 0.843. The predicted molar refractivity (Wildman–Crippen MR) is 68.6 cm³/mol. The molecular weight excluding hydrogens is 212 g/mol. The largest absolute Gasteiger partial charge is 0.344 e. The number of nitrogens with two attached hydrogens (primary N) is 1.